The van der Waals surface area contributed by atoms with Crippen LogP contribution < -0.4 is 11.1 Å². The molecule has 0 aromatic heterocycles. The Hall–Kier alpha value is -1.62. The van der Waals surface area contributed by atoms with Crippen LogP contribution in [-0.2, 0) is 0 Å². The molecule has 2 aromatic rings. The summed E-state index contributed by atoms with van der Waals surface area (Å²) in [5, 5.41) is 3.52. The van der Waals surface area contributed by atoms with E-state index in [1.165, 1.54) is 6.07 Å². The highest BCUT2D eigenvalue weighted by molar-refractivity contribution is 7.80. The molecule has 6 heteroatoms. The Morgan fingerprint density at radius 3 is 2.62 bits per heavy atom. The number of amides is 1. The molecule has 0 aliphatic heterocycles. The highest BCUT2D eigenvalue weighted by atomic mass is 35.5. The van der Waals surface area contributed by atoms with Crippen LogP contribution in [-0.4, -0.2) is 10.9 Å². The second-order valence-electron chi connectivity index (χ2n) is 4.44. The maximum absolute atomic E-state index is 12.3. The van der Waals surface area contributed by atoms with Gasteiger partial charge in [-0.05, 0) is 36.8 Å². The number of carbonyl (C=O) groups is 1. The topological polar surface area (TPSA) is 55.1 Å². The van der Waals surface area contributed by atoms with Crippen molar-refractivity contribution in [3.8, 4) is 0 Å². The third-order valence-electron chi connectivity index (χ3n) is 2.94. The molecule has 1 amide bonds. The van der Waals surface area contributed by atoms with Crippen molar-refractivity contribution in [2.45, 2.75) is 6.92 Å². The van der Waals surface area contributed by atoms with E-state index in [-0.39, 0.29) is 10.9 Å². The zero-order valence-electron chi connectivity index (χ0n) is 11.1. The van der Waals surface area contributed by atoms with E-state index in [1.807, 2.05) is 19.1 Å². The van der Waals surface area contributed by atoms with E-state index in [1.54, 1.807) is 18.2 Å². The Morgan fingerprint density at radius 2 is 1.95 bits per heavy atom. The molecule has 0 spiro atoms. The first kappa shape index (κ1) is 15.8. The second kappa shape index (κ2) is 6.43. The lowest BCUT2D eigenvalue weighted by molar-refractivity contribution is 0.102. The maximum atomic E-state index is 12.3. The van der Waals surface area contributed by atoms with Crippen LogP contribution >= 0.6 is 35.4 Å². The normalized spacial score (nSPS) is 10.2. The predicted octanol–water partition coefficient (Wildman–Crippen LogP) is 4.19. The highest BCUT2D eigenvalue weighted by Gasteiger charge is 2.15. The van der Waals surface area contributed by atoms with Gasteiger partial charge in [-0.3, -0.25) is 4.79 Å². The number of benzene rings is 2. The first-order valence-corrected chi connectivity index (χ1v) is 7.22. The Bertz CT molecular complexity index is 732. The number of anilines is 1. The van der Waals surface area contributed by atoms with Crippen molar-refractivity contribution in [3.05, 3.63) is 63.1 Å². The van der Waals surface area contributed by atoms with E-state index in [0.717, 1.165) is 5.56 Å². The number of halogens is 2. The molecule has 3 nitrogen and oxygen atoms in total. The third kappa shape index (κ3) is 3.53. The van der Waals surface area contributed by atoms with E-state index < -0.39 is 0 Å². The van der Waals surface area contributed by atoms with Gasteiger partial charge < -0.3 is 11.1 Å². The molecule has 0 bridgehead atoms. The van der Waals surface area contributed by atoms with E-state index in [2.05, 4.69) is 5.32 Å². The maximum Gasteiger partial charge on any atom is 0.257 e. The second-order valence-corrected chi connectivity index (χ2v) is 5.72. The minimum Gasteiger partial charge on any atom is -0.389 e. The fraction of sp³-hybridized carbons (Fsp3) is 0.0667. The molecule has 2 aromatic carbocycles. The smallest absolute Gasteiger partial charge is 0.257 e. The number of nitrogens with two attached hydrogens (primary N) is 1. The summed E-state index contributed by atoms with van der Waals surface area (Å²) in [6.07, 6.45) is 0. The zero-order valence-corrected chi connectivity index (χ0v) is 13.4. The van der Waals surface area contributed by atoms with E-state index in [4.69, 9.17) is 41.2 Å². The van der Waals surface area contributed by atoms with Gasteiger partial charge in [0.15, 0.2) is 0 Å². The van der Waals surface area contributed by atoms with Gasteiger partial charge in [-0.1, -0.05) is 47.6 Å². The monoisotopic (exact) mass is 338 g/mol. The lowest BCUT2D eigenvalue weighted by Crippen LogP contribution is -2.19. The average Bonchev–Trinajstić information content (AvgIpc) is 2.41. The first-order chi connectivity index (χ1) is 9.90. The Labute approximate surface area is 138 Å². The van der Waals surface area contributed by atoms with Crippen molar-refractivity contribution in [2.75, 3.05) is 5.32 Å². The number of aryl methyl sites for hydroxylation is 1. The fourth-order valence-corrected chi connectivity index (χ4v) is 2.61. The molecular formula is C15H12Cl2N2OS. The fourth-order valence-electron chi connectivity index (χ4n) is 1.96. The van der Waals surface area contributed by atoms with Gasteiger partial charge in [-0.15, -0.1) is 0 Å². The average molecular weight is 339 g/mol. The Balaban J connectivity index is 2.39. The van der Waals surface area contributed by atoms with Crippen molar-refractivity contribution in [1.29, 1.82) is 0 Å². The van der Waals surface area contributed by atoms with Crippen LogP contribution in [0.4, 0.5) is 5.69 Å². The number of rotatable bonds is 3. The number of carbonyl (C=O) groups excluding carboxylic acids is 1. The molecule has 21 heavy (non-hydrogen) atoms. The quantitative estimate of drug-likeness (QED) is 0.825. The summed E-state index contributed by atoms with van der Waals surface area (Å²) in [6.45, 7) is 1.87. The summed E-state index contributed by atoms with van der Waals surface area (Å²) in [6, 6.07) is 10.1. The zero-order chi connectivity index (χ0) is 15.6. The predicted molar refractivity (Wildman–Crippen MR) is 91.5 cm³/mol. The molecule has 2 rings (SSSR count). The molecule has 0 saturated heterocycles. The van der Waals surface area contributed by atoms with Crippen LogP contribution in [0.5, 0.6) is 0 Å². The molecule has 0 saturated carbocycles. The van der Waals surface area contributed by atoms with Crippen molar-refractivity contribution < 1.29 is 4.79 Å². The molecule has 0 aliphatic rings. The molecule has 3 N–H and O–H groups in total. The Kier molecular flexibility index (Phi) is 4.83. The summed E-state index contributed by atoms with van der Waals surface area (Å²) in [4.78, 5) is 12.6. The number of hydrogen-bond donors (Lipinski definition) is 2. The molecule has 0 radical (unpaired) electrons. The standard InChI is InChI=1S/C15H12Cl2N2OS/c1-8-3-2-4-12(13(8)14(18)21)19-15(20)10-7-9(16)5-6-11(10)17/h2-7H,1H3,(H2,18,21)(H,19,20). The van der Waals surface area contributed by atoms with Gasteiger partial charge in [0.05, 0.1) is 16.3 Å². The minimum absolute atomic E-state index is 0.223. The lowest BCUT2D eigenvalue weighted by atomic mass is 10.1. The lowest BCUT2D eigenvalue weighted by Gasteiger charge is -2.13. The van der Waals surface area contributed by atoms with Gasteiger partial charge in [-0.25, -0.2) is 0 Å². The summed E-state index contributed by atoms with van der Waals surface area (Å²) < 4.78 is 0. The first-order valence-electron chi connectivity index (χ1n) is 6.06. The summed E-state index contributed by atoms with van der Waals surface area (Å²) in [5.41, 5.74) is 8.08. The van der Waals surface area contributed by atoms with E-state index in [0.29, 0.717) is 26.9 Å². The molecular weight excluding hydrogens is 327 g/mol. The largest absolute Gasteiger partial charge is 0.389 e. The van der Waals surface area contributed by atoms with E-state index >= 15 is 0 Å². The van der Waals surface area contributed by atoms with Crippen molar-refractivity contribution in [3.63, 3.8) is 0 Å². The third-order valence-corrected chi connectivity index (χ3v) is 3.71. The summed E-state index contributed by atoms with van der Waals surface area (Å²) in [7, 11) is 0. The molecule has 0 heterocycles. The van der Waals surface area contributed by atoms with Gasteiger partial charge in [-0.2, -0.15) is 0 Å². The van der Waals surface area contributed by atoms with Gasteiger partial charge in [0.2, 0.25) is 0 Å². The molecule has 0 aliphatic carbocycles. The van der Waals surface area contributed by atoms with E-state index in [9.17, 15) is 4.79 Å². The summed E-state index contributed by atoms with van der Waals surface area (Å²) in [5.74, 6) is -0.370. The molecule has 108 valence electrons. The molecule has 0 fully saturated rings. The molecule has 0 unspecified atom stereocenters. The SMILES string of the molecule is Cc1cccc(NC(=O)c2cc(Cl)ccc2Cl)c1C(N)=S. The van der Waals surface area contributed by atoms with Crippen LogP contribution in [0.2, 0.25) is 10.0 Å². The van der Waals surface area contributed by atoms with Gasteiger partial charge in [0.25, 0.3) is 5.91 Å². The van der Waals surface area contributed by atoms with Crippen LogP contribution in [0.3, 0.4) is 0 Å². The van der Waals surface area contributed by atoms with Crippen molar-refractivity contribution in [1.82, 2.24) is 0 Å². The number of thiocarbonyl (C=S) groups is 1. The van der Waals surface area contributed by atoms with Gasteiger partial charge in [0.1, 0.15) is 4.99 Å². The Morgan fingerprint density at radius 1 is 1.24 bits per heavy atom. The number of hydrogen-bond acceptors (Lipinski definition) is 2. The summed E-state index contributed by atoms with van der Waals surface area (Å²) >= 11 is 16.9. The van der Waals surface area contributed by atoms with Crippen LogP contribution in [0.1, 0.15) is 21.5 Å². The van der Waals surface area contributed by atoms with Gasteiger partial charge in [0, 0.05) is 10.6 Å². The van der Waals surface area contributed by atoms with Crippen molar-refractivity contribution in [2.24, 2.45) is 5.73 Å². The molecule has 0 atom stereocenters. The van der Waals surface area contributed by atoms with Crippen LogP contribution in [0.15, 0.2) is 36.4 Å². The van der Waals surface area contributed by atoms with Crippen LogP contribution in [0, 0.1) is 6.92 Å². The van der Waals surface area contributed by atoms with Crippen molar-refractivity contribution >= 4 is 52.0 Å². The highest BCUT2D eigenvalue weighted by Crippen LogP contribution is 2.24. The number of nitrogens with one attached hydrogen (secondary N) is 1. The van der Waals surface area contributed by atoms with Gasteiger partial charge >= 0.3 is 0 Å². The van der Waals surface area contributed by atoms with Crippen LogP contribution in [0.25, 0.3) is 0 Å². The minimum atomic E-state index is -0.370.